The van der Waals surface area contributed by atoms with Crippen LogP contribution < -0.4 is 5.73 Å². The minimum atomic E-state index is 0. The summed E-state index contributed by atoms with van der Waals surface area (Å²) in [5.41, 5.74) is 5.85. The van der Waals surface area contributed by atoms with Gasteiger partial charge in [-0.1, -0.05) is 19.3 Å². The quantitative estimate of drug-likeness (QED) is 0.840. The van der Waals surface area contributed by atoms with Crippen molar-refractivity contribution in [3.63, 3.8) is 0 Å². The van der Waals surface area contributed by atoms with Gasteiger partial charge in [0.1, 0.15) is 0 Å². The van der Waals surface area contributed by atoms with Crippen molar-refractivity contribution in [2.24, 2.45) is 5.73 Å². The molecule has 1 aliphatic heterocycles. The van der Waals surface area contributed by atoms with Crippen LogP contribution in [0.3, 0.4) is 0 Å². The van der Waals surface area contributed by atoms with Crippen LogP contribution in [0.25, 0.3) is 0 Å². The maximum absolute atomic E-state index is 5.85. The summed E-state index contributed by atoms with van der Waals surface area (Å²) >= 11 is 0. The van der Waals surface area contributed by atoms with E-state index in [1.807, 2.05) is 0 Å². The van der Waals surface area contributed by atoms with Gasteiger partial charge in [-0.3, -0.25) is 9.80 Å². The standard InChI is InChI=1S/C13H27N3.ClH/c1-12(14)11-15-7-9-16(10-8-15)13-5-3-2-4-6-13;/h12-13H,2-11,14H2,1H3;1H. The highest BCUT2D eigenvalue weighted by Crippen LogP contribution is 2.23. The summed E-state index contributed by atoms with van der Waals surface area (Å²) in [6, 6.07) is 1.22. The first-order chi connectivity index (χ1) is 7.75. The van der Waals surface area contributed by atoms with E-state index in [0.717, 1.165) is 12.6 Å². The Morgan fingerprint density at radius 2 is 1.65 bits per heavy atom. The summed E-state index contributed by atoms with van der Waals surface area (Å²) in [5.74, 6) is 0. The average Bonchev–Trinajstić information content (AvgIpc) is 2.30. The molecule has 2 aliphatic rings. The number of piperazine rings is 1. The molecule has 1 atom stereocenters. The lowest BCUT2D eigenvalue weighted by molar-refractivity contribution is 0.0769. The predicted molar refractivity (Wildman–Crippen MR) is 75.8 cm³/mol. The van der Waals surface area contributed by atoms with E-state index < -0.39 is 0 Å². The lowest BCUT2D eigenvalue weighted by atomic mass is 9.94. The first kappa shape index (κ1) is 15.2. The van der Waals surface area contributed by atoms with Gasteiger partial charge in [0.15, 0.2) is 0 Å². The smallest absolute Gasteiger partial charge is 0.0139 e. The number of halogens is 1. The van der Waals surface area contributed by atoms with Crippen molar-refractivity contribution < 1.29 is 0 Å². The molecule has 4 heteroatoms. The van der Waals surface area contributed by atoms with E-state index in [0.29, 0.717) is 6.04 Å². The number of hydrogen-bond acceptors (Lipinski definition) is 3. The molecule has 17 heavy (non-hydrogen) atoms. The fourth-order valence-corrected chi connectivity index (χ4v) is 3.16. The SMILES string of the molecule is CC(N)CN1CCN(C2CCCCC2)CC1.Cl. The van der Waals surface area contributed by atoms with Gasteiger partial charge in [0.2, 0.25) is 0 Å². The van der Waals surface area contributed by atoms with Crippen molar-refractivity contribution in [1.29, 1.82) is 0 Å². The molecule has 3 nitrogen and oxygen atoms in total. The van der Waals surface area contributed by atoms with E-state index in [1.165, 1.54) is 58.3 Å². The van der Waals surface area contributed by atoms with Crippen LogP contribution >= 0.6 is 12.4 Å². The molecule has 1 saturated carbocycles. The van der Waals surface area contributed by atoms with Crippen LogP contribution in [-0.2, 0) is 0 Å². The summed E-state index contributed by atoms with van der Waals surface area (Å²) in [5, 5.41) is 0. The Hall–Kier alpha value is 0.170. The Labute approximate surface area is 112 Å². The van der Waals surface area contributed by atoms with Crippen LogP contribution in [0.15, 0.2) is 0 Å². The van der Waals surface area contributed by atoms with Gasteiger partial charge in [0.25, 0.3) is 0 Å². The van der Waals surface area contributed by atoms with E-state index in [4.69, 9.17) is 5.73 Å². The maximum atomic E-state index is 5.85. The van der Waals surface area contributed by atoms with Crippen molar-refractivity contribution in [1.82, 2.24) is 9.80 Å². The van der Waals surface area contributed by atoms with Crippen molar-refractivity contribution in [3.8, 4) is 0 Å². The zero-order valence-electron chi connectivity index (χ0n) is 11.1. The molecule has 2 rings (SSSR count). The second-order valence-corrected chi connectivity index (χ2v) is 5.61. The summed E-state index contributed by atoms with van der Waals surface area (Å²) in [7, 11) is 0. The highest BCUT2D eigenvalue weighted by Gasteiger charge is 2.24. The van der Waals surface area contributed by atoms with Crippen LogP contribution in [0.4, 0.5) is 0 Å². The lowest BCUT2D eigenvalue weighted by Gasteiger charge is -2.41. The number of nitrogens with zero attached hydrogens (tertiary/aromatic N) is 2. The molecule has 0 bridgehead atoms. The van der Waals surface area contributed by atoms with Crippen molar-refractivity contribution in [2.75, 3.05) is 32.7 Å². The molecule has 0 aromatic rings. The molecule has 1 saturated heterocycles. The molecule has 2 fully saturated rings. The summed E-state index contributed by atoms with van der Waals surface area (Å²) in [4.78, 5) is 5.24. The first-order valence-corrected chi connectivity index (χ1v) is 6.97. The van der Waals surface area contributed by atoms with E-state index in [9.17, 15) is 0 Å². The first-order valence-electron chi connectivity index (χ1n) is 6.97. The molecule has 2 N–H and O–H groups in total. The Morgan fingerprint density at radius 1 is 1.06 bits per heavy atom. The average molecular weight is 262 g/mol. The van der Waals surface area contributed by atoms with Gasteiger partial charge in [0.05, 0.1) is 0 Å². The molecule has 102 valence electrons. The molecule has 0 amide bonds. The molecule has 1 unspecified atom stereocenters. The molecule has 0 radical (unpaired) electrons. The van der Waals surface area contributed by atoms with Crippen LogP contribution in [0.5, 0.6) is 0 Å². The van der Waals surface area contributed by atoms with Gasteiger partial charge in [-0.2, -0.15) is 0 Å². The van der Waals surface area contributed by atoms with Crippen LogP contribution in [-0.4, -0.2) is 54.6 Å². The van der Waals surface area contributed by atoms with Crippen LogP contribution in [0.1, 0.15) is 39.0 Å². The third-order valence-electron chi connectivity index (χ3n) is 4.04. The van der Waals surface area contributed by atoms with Gasteiger partial charge < -0.3 is 5.73 Å². The third-order valence-corrected chi connectivity index (χ3v) is 4.04. The predicted octanol–water partition coefficient (Wildman–Crippen LogP) is 1.71. The van der Waals surface area contributed by atoms with E-state index in [-0.39, 0.29) is 12.4 Å². The third kappa shape index (κ3) is 4.74. The topological polar surface area (TPSA) is 32.5 Å². The normalized spacial score (nSPS) is 26.5. The van der Waals surface area contributed by atoms with Crippen molar-refractivity contribution in [3.05, 3.63) is 0 Å². The summed E-state index contributed by atoms with van der Waals surface area (Å²) in [6.07, 6.45) is 7.23. The Morgan fingerprint density at radius 3 is 2.18 bits per heavy atom. The molecule has 1 aliphatic carbocycles. The fourth-order valence-electron chi connectivity index (χ4n) is 3.16. The second-order valence-electron chi connectivity index (χ2n) is 5.61. The number of rotatable bonds is 3. The Kier molecular flexibility index (Phi) is 6.78. The largest absolute Gasteiger partial charge is 0.327 e. The van der Waals surface area contributed by atoms with Gasteiger partial charge in [-0.15, -0.1) is 12.4 Å². The Bertz CT molecular complexity index is 197. The highest BCUT2D eigenvalue weighted by atomic mass is 35.5. The molecular formula is C13H28ClN3. The molecule has 1 heterocycles. The van der Waals surface area contributed by atoms with Gasteiger partial charge in [-0.05, 0) is 19.8 Å². The van der Waals surface area contributed by atoms with Gasteiger partial charge in [-0.25, -0.2) is 0 Å². The zero-order chi connectivity index (χ0) is 11.4. The second kappa shape index (κ2) is 7.57. The number of nitrogens with two attached hydrogens (primary N) is 1. The van der Waals surface area contributed by atoms with Crippen molar-refractivity contribution in [2.45, 2.75) is 51.1 Å². The zero-order valence-corrected chi connectivity index (χ0v) is 11.9. The van der Waals surface area contributed by atoms with Crippen LogP contribution in [0.2, 0.25) is 0 Å². The van der Waals surface area contributed by atoms with Crippen LogP contribution in [0, 0.1) is 0 Å². The Balaban J connectivity index is 0.00000144. The van der Waals surface area contributed by atoms with E-state index in [2.05, 4.69) is 16.7 Å². The van der Waals surface area contributed by atoms with Crippen molar-refractivity contribution >= 4 is 12.4 Å². The maximum Gasteiger partial charge on any atom is 0.0139 e. The van der Waals surface area contributed by atoms with Gasteiger partial charge in [0, 0.05) is 44.8 Å². The van der Waals surface area contributed by atoms with E-state index >= 15 is 0 Å². The molecule has 0 spiro atoms. The van der Waals surface area contributed by atoms with E-state index in [1.54, 1.807) is 0 Å². The summed E-state index contributed by atoms with van der Waals surface area (Å²) < 4.78 is 0. The lowest BCUT2D eigenvalue weighted by Crippen LogP contribution is -2.52. The highest BCUT2D eigenvalue weighted by molar-refractivity contribution is 5.85. The van der Waals surface area contributed by atoms with Gasteiger partial charge >= 0.3 is 0 Å². The minimum Gasteiger partial charge on any atom is -0.327 e. The molecular weight excluding hydrogens is 234 g/mol. The monoisotopic (exact) mass is 261 g/mol. The molecule has 0 aromatic carbocycles. The molecule has 0 aromatic heterocycles. The minimum absolute atomic E-state index is 0. The fraction of sp³-hybridized carbons (Fsp3) is 1.00. The summed E-state index contributed by atoms with van der Waals surface area (Å²) in [6.45, 7) is 8.14. The number of hydrogen-bond donors (Lipinski definition) is 1.